The van der Waals surface area contributed by atoms with Crippen molar-refractivity contribution in [3.63, 3.8) is 0 Å². The van der Waals surface area contributed by atoms with E-state index in [0.717, 1.165) is 13.0 Å². The van der Waals surface area contributed by atoms with Crippen molar-refractivity contribution in [3.05, 3.63) is 23.8 Å². The summed E-state index contributed by atoms with van der Waals surface area (Å²) in [6.45, 7) is 0.769. The zero-order valence-electron chi connectivity index (χ0n) is 11.2. The van der Waals surface area contributed by atoms with E-state index in [1.165, 1.54) is 7.11 Å². The van der Waals surface area contributed by atoms with Gasteiger partial charge >= 0.3 is 5.97 Å². The lowest BCUT2D eigenvalue weighted by molar-refractivity contribution is -0.148. The molecule has 1 aliphatic heterocycles. The van der Waals surface area contributed by atoms with Crippen molar-refractivity contribution < 1.29 is 19.4 Å². The van der Waals surface area contributed by atoms with Crippen LogP contribution in [0.25, 0.3) is 0 Å². The first-order valence-corrected chi connectivity index (χ1v) is 6.31. The first-order chi connectivity index (χ1) is 9.13. The number of hydrogen-bond acceptors (Lipinski definition) is 5. The van der Waals surface area contributed by atoms with Crippen molar-refractivity contribution in [2.24, 2.45) is 0 Å². The monoisotopic (exact) mass is 265 g/mol. The number of esters is 1. The van der Waals surface area contributed by atoms with Gasteiger partial charge in [-0.1, -0.05) is 6.07 Å². The van der Waals surface area contributed by atoms with E-state index in [2.05, 4.69) is 5.32 Å². The van der Waals surface area contributed by atoms with Gasteiger partial charge in [0.2, 0.25) is 0 Å². The fourth-order valence-electron chi connectivity index (χ4n) is 2.62. The third kappa shape index (κ3) is 2.51. The fraction of sp³-hybridized carbons (Fsp3) is 0.500. The standard InChI is InChI=1S/C14H19NO4/c1-18-12-6-3-5-11(16)10(12)9-14(13(17)19-2)7-4-8-15-14/h3,5-6,15-16H,4,7-9H2,1-2H3/t14-/m1/s1. The van der Waals surface area contributed by atoms with Gasteiger partial charge in [-0.2, -0.15) is 0 Å². The molecular weight excluding hydrogens is 246 g/mol. The Hall–Kier alpha value is -1.75. The van der Waals surface area contributed by atoms with Crippen LogP contribution in [-0.4, -0.2) is 37.4 Å². The molecule has 0 saturated carbocycles. The molecule has 1 aromatic carbocycles. The first-order valence-electron chi connectivity index (χ1n) is 6.31. The van der Waals surface area contributed by atoms with E-state index in [0.29, 0.717) is 24.2 Å². The van der Waals surface area contributed by atoms with E-state index in [-0.39, 0.29) is 11.7 Å². The topological polar surface area (TPSA) is 67.8 Å². The highest BCUT2D eigenvalue weighted by atomic mass is 16.5. The lowest BCUT2D eigenvalue weighted by Gasteiger charge is -2.27. The second-order valence-electron chi connectivity index (χ2n) is 4.74. The lowest BCUT2D eigenvalue weighted by Crippen LogP contribution is -2.50. The van der Waals surface area contributed by atoms with Gasteiger partial charge in [0, 0.05) is 12.0 Å². The highest BCUT2D eigenvalue weighted by Crippen LogP contribution is 2.34. The van der Waals surface area contributed by atoms with Crippen LogP contribution >= 0.6 is 0 Å². The van der Waals surface area contributed by atoms with Crippen LogP contribution in [0.15, 0.2) is 18.2 Å². The summed E-state index contributed by atoms with van der Waals surface area (Å²) < 4.78 is 10.2. The predicted octanol–water partition coefficient (Wildman–Crippen LogP) is 1.24. The van der Waals surface area contributed by atoms with Crippen LogP contribution in [-0.2, 0) is 16.0 Å². The molecule has 1 aromatic rings. The largest absolute Gasteiger partial charge is 0.508 e. The highest BCUT2D eigenvalue weighted by molar-refractivity contribution is 5.82. The lowest BCUT2D eigenvalue weighted by atomic mass is 9.88. The van der Waals surface area contributed by atoms with E-state index in [4.69, 9.17) is 9.47 Å². The number of aromatic hydroxyl groups is 1. The van der Waals surface area contributed by atoms with Gasteiger partial charge in [-0.3, -0.25) is 4.79 Å². The molecule has 19 heavy (non-hydrogen) atoms. The Morgan fingerprint density at radius 2 is 2.26 bits per heavy atom. The zero-order valence-corrected chi connectivity index (χ0v) is 11.2. The maximum absolute atomic E-state index is 12.0. The average Bonchev–Trinajstić information content (AvgIpc) is 2.90. The van der Waals surface area contributed by atoms with Gasteiger partial charge in [-0.05, 0) is 31.5 Å². The van der Waals surface area contributed by atoms with E-state index in [9.17, 15) is 9.90 Å². The maximum atomic E-state index is 12.0. The number of ether oxygens (including phenoxy) is 2. The van der Waals surface area contributed by atoms with Crippen LogP contribution in [0.1, 0.15) is 18.4 Å². The van der Waals surface area contributed by atoms with Gasteiger partial charge < -0.3 is 19.9 Å². The number of benzene rings is 1. The number of nitrogens with one attached hydrogen (secondary N) is 1. The molecule has 1 atom stereocenters. The second kappa shape index (κ2) is 5.48. The molecule has 1 heterocycles. The van der Waals surface area contributed by atoms with Crippen LogP contribution in [0.5, 0.6) is 11.5 Å². The number of phenolic OH excluding ortho intramolecular Hbond substituents is 1. The molecule has 2 N–H and O–H groups in total. The first kappa shape index (κ1) is 13.7. The van der Waals surface area contributed by atoms with Gasteiger partial charge in [0.1, 0.15) is 17.0 Å². The van der Waals surface area contributed by atoms with Crippen LogP contribution < -0.4 is 10.1 Å². The molecule has 0 aromatic heterocycles. The van der Waals surface area contributed by atoms with Crippen molar-refractivity contribution in [1.82, 2.24) is 5.32 Å². The van der Waals surface area contributed by atoms with Crippen LogP contribution in [0.3, 0.4) is 0 Å². The minimum Gasteiger partial charge on any atom is -0.508 e. The number of carbonyl (C=O) groups is 1. The zero-order chi connectivity index (χ0) is 13.9. The number of hydrogen-bond donors (Lipinski definition) is 2. The summed E-state index contributed by atoms with van der Waals surface area (Å²) in [5, 5.41) is 13.2. The number of carbonyl (C=O) groups excluding carboxylic acids is 1. The Kier molecular flexibility index (Phi) is 3.95. The Bertz CT molecular complexity index is 467. The smallest absolute Gasteiger partial charge is 0.326 e. The summed E-state index contributed by atoms with van der Waals surface area (Å²) in [5.74, 6) is 0.420. The molecule has 0 unspecified atom stereocenters. The van der Waals surface area contributed by atoms with Crippen LogP contribution in [0.2, 0.25) is 0 Å². The van der Waals surface area contributed by atoms with Gasteiger partial charge in [0.15, 0.2) is 0 Å². The molecule has 104 valence electrons. The van der Waals surface area contributed by atoms with Gasteiger partial charge in [-0.15, -0.1) is 0 Å². The molecule has 1 fully saturated rings. The van der Waals surface area contributed by atoms with Crippen molar-refractivity contribution in [2.45, 2.75) is 24.8 Å². The Labute approximate surface area is 112 Å². The second-order valence-corrected chi connectivity index (χ2v) is 4.74. The molecule has 5 nitrogen and oxygen atoms in total. The molecule has 0 bridgehead atoms. The molecule has 0 amide bonds. The van der Waals surface area contributed by atoms with Gasteiger partial charge in [-0.25, -0.2) is 0 Å². The molecule has 0 aliphatic carbocycles. The van der Waals surface area contributed by atoms with Gasteiger partial charge in [0.05, 0.1) is 14.2 Å². The summed E-state index contributed by atoms with van der Waals surface area (Å²) in [7, 11) is 2.93. The minimum absolute atomic E-state index is 0.135. The quantitative estimate of drug-likeness (QED) is 0.802. The summed E-state index contributed by atoms with van der Waals surface area (Å²) in [6.07, 6.45) is 1.96. The SMILES string of the molecule is COC(=O)[C@]1(Cc2c(O)cccc2OC)CCCN1. The highest BCUT2D eigenvalue weighted by Gasteiger charge is 2.43. The van der Waals surface area contributed by atoms with E-state index in [1.807, 2.05) is 0 Å². The van der Waals surface area contributed by atoms with Crippen molar-refractivity contribution in [3.8, 4) is 11.5 Å². The maximum Gasteiger partial charge on any atom is 0.326 e. The molecule has 1 saturated heterocycles. The summed E-state index contributed by atoms with van der Waals surface area (Å²) in [4.78, 5) is 12.0. The number of phenols is 1. The predicted molar refractivity (Wildman–Crippen MR) is 70.3 cm³/mol. The van der Waals surface area contributed by atoms with Crippen LogP contribution in [0.4, 0.5) is 0 Å². The summed E-state index contributed by atoms with van der Waals surface area (Å²) >= 11 is 0. The molecule has 1 aliphatic rings. The van der Waals surface area contributed by atoms with Crippen molar-refractivity contribution in [1.29, 1.82) is 0 Å². The van der Waals surface area contributed by atoms with E-state index < -0.39 is 5.54 Å². The Balaban J connectivity index is 2.35. The fourth-order valence-corrected chi connectivity index (χ4v) is 2.62. The van der Waals surface area contributed by atoms with Gasteiger partial charge in [0.25, 0.3) is 0 Å². The molecule has 5 heteroatoms. The average molecular weight is 265 g/mol. The molecule has 0 spiro atoms. The Morgan fingerprint density at radius 3 is 2.84 bits per heavy atom. The van der Waals surface area contributed by atoms with Crippen LogP contribution in [0, 0.1) is 0 Å². The van der Waals surface area contributed by atoms with Crippen molar-refractivity contribution in [2.75, 3.05) is 20.8 Å². The molecule has 2 rings (SSSR count). The third-order valence-corrected chi connectivity index (χ3v) is 3.63. The number of methoxy groups -OCH3 is 2. The van der Waals surface area contributed by atoms with E-state index >= 15 is 0 Å². The summed E-state index contributed by atoms with van der Waals surface area (Å²) in [5.41, 5.74) is -0.134. The van der Waals surface area contributed by atoms with E-state index in [1.54, 1.807) is 25.3 Å². The minimum atomic E-state index is -0.763. The normalized spacial score (nSPS) is 22.2. The number of rotatable bonds is 4. The summed E-state index contributed by atoms with van der Waals surface area (Å²) in [6, 6.07) is 5.08. The Morgan fingerprint density at radius 1 is 1.47 bits per heavy atom. The van der Waals surface area contributed by atoms with Crippen molar-refractivity contribution >= 4 is 5.97 Å². The third-order valence-electron chi connectivity index (χ3n) is 3.63. The molecule has 0 radical (unpaired) electrons. The molecular formula is C14H19NO4.